The number of anilines is 1. The molecule has 2 N–H and O–H groups in total. The highest BCUT2D eigenvalue weighted by atomic mass is 32.2. The summed E-state index contributed by atoms with van der Waals surface area (Å²) in [7, 11) is 0. The summed E-state index contributed by atoms with van der Waals surface area (Å²) in [5.41, 5.74) is 2.15. The van der Waals surface area contributed by atoms with Gasteiger partial charge < -0.3 is 10.4 Å². The molecule has 0 fully saturated rings. The van der Waals surface area contributed by atoms with E-state index in [4.69, 9.17) is 5.26 Å². The summed E-state index contributed by atoms with van der Waals surface area (Å²) >= 11 is 1.54. The second-order valence-electron chi connectivity index (χ2n) is 5.10. The molecule has 2 aromatic carbocycles. The van der Waals surface area contributed by atoms with E-state index < -0.39 is 6.23 Å². The maximum absolute atomic E-state index is 13.0. The third kappa shape index (κ3) is 3.70. The summed E-state index contributed by atoms with van der Waals surface area (Å²) in [6.07, 6.45) is -0.826. The van der Waals surface area contributed by atoms with Gasteiger partial charge in [-0.15, -0.1) is 11.8 Å². The molecule has 0 saturated heterocycles. The monoisotopic (exact) mass is 327 g/mol. The molecule has 6 heteroatoms. The summed E-state index contributed by atoms with van der Waals surface area (Å²) in [6, 6.07) is 14.8. The number of hydrogen-bond acceptors (Lipinski definition) is 5. The molecule has 0 spiro atoms. The first-order valence-electron chi connectivity index (χ1n) is 7.07. The molecule has 2 unspecified atom stereocenters. The number of aliphatic imine (C=N–C) groups is 1. The van der Waals surface area contributed by atoms with Crippen molar-refractivity contribution >= 4 is 22.5 Å². The predicted molar refractivity (Wildman–Crippen MR) is 90.0 cm³/mol. The SMILES string of the molecule is N#Cc1ccc(NC(O)C2CSC(c3ccc(F)cc3)=N2)cc1. The van der Waals surface area contributed by atoms with Crippen molar-refractivity contribution in [2.75, 3.05) is 11.1 Å². The maximum atomic E-state index is 13.0. The molecule has 0 saturated carbocycles. The van der Waals surface area contributed by atoms with Gasteiger partial charge in [0.2, 0.25) is 0 Å². The molecular formula is C17H14FN3OS. The van der Waals surface area contributed by atoms with E-state index >= 15 is 0 Å². The van der Waals surface area contributed by atoms with Crippen LogP contribution in [0.4, 0.5) is 10.1 Å². The lowest BCUT2D eigenvalue weighted by Gasteiger charge is -2.17. The second kappa shape index (κ2) is 6.82. The molecule has 2 aromatic rings. The third-order valence-electron chi connectivity index (χ3n) is 3.46. The van der Waals surface area contributed by atoms with Crippen LogP contribution in [0.1, 0.15) is 11.1 Å². The minimum Gasteiger partial charge on any atom is -0.371 e. The van der Waals surface area contributed by atoms with Gasteiger partial charge in [0, 0.05) is 17.0 Å². The Kier molecular flexibility index (Phi) is 4.60. The summed E-state index contributed by atoms with van der Waals surface area (Å²) in [6.45, 7) is 0. The fraction of sp³-hybridized carbons (Fsp3) is 0.176. The number of hydrogen-bond donors (Lipinski definition) is 2. The minimum absolute atomic E-state index is 0.281. The van der Waals surface area contributed by atoms with E-state index in [0.29, 0.717) is 11.3 Å². The van der Waals surface area contributed by atoms with Gasteiger partial charge in [0.25, 0.3) is 0 Å². The fourth-order valence-electron chi connectivity index (χ4n) is 2.21. The highest BCUT2D eigenvalue weighted by molar-refractivity contribution is 8.14. The van der Waals surface area contributed by atoms with Crippen LogP contribution in [0.15, 0.2) is 53.5 Å². The lowest BCUT2D eigenvalue weighted by Crippen LogP contribution is -2.32. The number of rotatable bonds is 4. The van der Waals surface area contributed by atoms with Gasteiger partial charge in [-0.3, -0.25) is 4.99 Å². The number of nitrogens with one attached hydrogen (secondary N) is 1. The minimum atomic E-state index is -0.826. The molecule has 1 aliphatic rings. The van der Waals surface area contributed by atoms with Gasteiger partial charge in [0.1, 0.15) is 18.1 Å². The van der Waals surface area contributed by atoms with Gasteiger partial charge in [-0.05, 0) is 48.5 Å². The molecule has 1 heterocycles. The van der Waals surface area contributed by atoms with Crippen molar-refractivity contribution in [1.29, 1.82) is 5.26 Å². The average Bonchev–Trinajstić information content (AvgIpc) is 3.06. The van der Waals surface area contributed by atoms with Crippen LogP contribution < -0.4 is 5.32 Å². The highest BCUT2D eigenvalue weighted by Crippen LogP contribution is 2.26. The summed E-state index contributed by atoms with van der Waals surface area (Å²) in [4.78, 5) is 4.51. The average molecular weight is 327 g/mol. The van der Waals surface area contributed by atoms with Gasteiger partial charge >= 0.3 is 0 Å². The van der Waals surface area contributed by atoms with Gasteiger partial charge in [-0.1, -0.05) is 0 Å². The lowest BCUT2D eigenvalue weighted by molar-refractivity contribution is 0.182. The Bertz CT molecular complexity index is 753. The molecule has 116 valence electrons. The van der Waals surface area contributed by atoms with Crippen LogP contribution in [0.25, 0.3) is 0 Å². The normalized spacial score (nSPS) is 18.1. The molecule has 1 aliphatic heterocycles. The molecule has 0 amide bonds. The van der Waals surface area contributed by atoms with Gasteiger partial charge in [0.05, 0.1) is 16.7 Å². The van der Waals surface area contributed by atoms with E-state index in [1.807, 2.05) is 6.07 Å². The molecule has 0 aliphatic carbocycles. The fourth-order valence-corrected chi connectivity index (χ4v) is 3.31. The number of nitriles is 1. The molecule has 0 aromatic heterocycles. The summed E-state index contributed by atoms with van der Waals surface area (Å²) in [5.74, 6) is 0.369. The number of nitrogens with zero attached hydrogens (tertiary/aromatic N) is 2. The molecule has 3 rings (SSSR count). The molecule has 23 heavy (non-hydrogen) atoms. The van der Waals surface area contributed by atoms with Crippen molar-refractivity contribution in [1.82, 2.24) is 0 Å². The molecule has 0 bridgehead atoms. The summed E-state index contributed by atoms with van der Waals surface area (Å²) in [5, 5.41) is 22.8. The Morgan fingerprint density at radius 1 is 1.22 bits per heavy atom. The van der Waals surface area contributed by atoms with Gasteiger partial charge in [0.15, 0.2) is 0 Å². The number of aliphatic hydroxyl groups excluding tert-OH is 1. The maximum Gasteiger partial charge on any atom is 0.147 e. The molecule has 0 radical (unpaired) electrons. The Morgan fingerprint density at radius 3 is 2.57 bits per heavy atom. The predicted octanol–water partition coefficient (Wildman–Crippen LogP) is 2.99. The number of benzene rings is 2. The number of aliphatic hydroxyl groups is 1. The van der Waals surface area contributed by atoms with E-state index in [-0.39, 0.29) is 11.9 Å². The Morgan fingerprint density at radius 2 is 1.91 bits per heavy atom. The largest absolute Gasteiger partial charge is 0.371 e. The Balaban J connectivity index is 1.67. The Labute approximate surface area is 137 Å². The van der Waals surface area contributed by atoms with Crippen molar-refractivity contribution in [2.24, 2.45) is 4.99 Å². The number of thioether (sulfide) groups is 1. The van der Waals surface area contributed by atoms with Crippen LogP contribution in [0.3, 0.4) is 0 Å². The topological polar surface area (TPSA) is 68.4 Å². The van der Waals surface area contributed by atoms with Crippen molar-refractivity contribution < 1.29 is 9.50 Å². The quantitative estimate of drug-likeness (QED) is 0.847. The van der Waals surface area contributed by atoms with E-state index in [0.717, 1.165) is 16.3 Å². The van der Waals surface area contributed by atoms with Crippen molar-refractivity contribution in [2.45, 2.75) is 12.3 Å². The zero-order chi connectivity index (χ0) is 16.2. The summed E-state index contributed by atoms with van der Waals surface area (Å²) < 4.78 is 13.0. The standard InChI is InChI=1S/C17H14FN3OS/c18-13-5-3-12(4-6-13)17-21-15(10-23-17)16(22)20-14-7-1-11(9-19)2-8-14/h1-8,15-16,20,22H,10H2. The van der Waals surface area contributed by atoms with Crippen LogP contribution in [0.2, 0.25) is 0 Å². The van der Waals surface area contributed by atoms with Crippen LogP contribution in [-0.2, 0) is 0 Å². The van der Waals surface area contributed by atoms with E-state index in [1.54, 1.807) is 36.4 Å². The van der Waals surface area contributed by atoms with Gasteiger partial charge in [-0.25, -0.2) is 4.39 Å². The molecular weight excluding hydrogens is 313 g/mol. The van der Waals surface area contributed by atoms with Gasteiger partial charge in [-0.2, -0.15) is 5.26 Å². The lowest BCUT2D eigenvalue weighted by atomic mass is 10.2. The van der Waals surface area contributed by atoms with E-state index in [9.17, 15) is 9.50 Å². The van der Waals surface area contributed by atoms with Crippen LogP contribution in [0.5, 0.6) is 0 Å². The zero-order valence-electron chi connectivity index (χ0n) is 12.1. The highest BCUT2D eigenvalue weighted by Gasteiger charge is 2.26. The van der Waals surface area contributed by atoms with Crippen LogP contribution in [0, 0.1) is 17.1 Å². The first-order chi connectivity index (χ1) is 11.2. The van der Waals surface area contributed by atoms with Crippen LogP contribution >= 0.6 is 11.8 Å². The smallest absolute Gasteiger partial charge is 0.147 e. The van der Waals surface area contributed by atoms with Crippen molar-refractivity contribution in [3.8, 4) is 6.07 Å². The molecule has 2 atom stereocenters. The van der Waals surface area contributed by atoms with Crippen molar-refractivity contribution in [3.05, 3.63) is 65.5 Å². The first-order valence-corrected chi connectivity index (χ1v) is 8.05. The third-order valence-corrected chi connectivity index (χ3v) is 4.58. The zero-order valence-corrected chi connectivity index (χ0v) is 12.9. The molecule has 4 nitrogen and oxygen atoms in total. The van der Waals surface area contributed by atoms with E-state index in [1.165, 1.54) is 23.9 Å². The number of halogens is 1. The van der Waals surface area contributed by atoms with Crippen molar-refractivity contribution in [3.63, 3.8) is 0 Å². The van der Waals surface area contributed by atoms with E-state index in [2.05, 4.69) is 10.3 Å². The second-order valence-corrected chi connectivity index (χ2v) is 6.11. The van der Waals surface area contributed by atoms with Crippen LogP contribution in [-0.4, -0.2) is 28.2 Å². The Hall–Kier alpha value is -2.36. The first kappa shape index (κ1) is 15.5.